The van der Waals surface area contributed by atoms with Gasteiger partial charge in [0.05, 0.1) is 0 Å². The van der Waals surface area contributed by atoms with Gasteiger partial charge in [0.15, 0.2) is 0 Å². The number of unbranched alkanes of at least 4 members (excludes halogenated alkanes) is 18. The molecule has 0 aromatic rings. The Balaban J connectivity index is -0.000000768. The van der Waals surface area contributed by atoms with Crippen LogP contribution in [-0.4, -0.2) is 109 Å². The Labute approximate surface area is 332 Å². The van der Waals surface area contributed by atoms with E-state index in [1.54, 1.807) is 0 Å². The Morgan fingerprint density at radius 1 is 0.377 bits per heavy atom. The third kappa shape index (κ3) is 67.1. The first-order valence-electron chi connectivity index (χ1n) is 20.2. The summed E-state index contributed by atoms with van der Waals surface area (Å²) in [7, 11) is -4.46. The van der Waals surface area contributed by atoms with Crippen LogP contribution in [0.25, 0.3) is 0 Å². The molecule has 6 N–H and O–H groups in total. The second kappa shape index (κ2) is 52.0. The second-order valence-corrected chi connectivity index (χ2v) is 15.0. The van der Waals surface area contributed by atoms with Crippen LogP contribution in [0.15, 0.2) is 10.8 Å². The zero-order valence-corrected chi connectivity index (χ0v) is 35.3. The van der Waals surface area contributed by atoms with Crippen LogP contribution in [0.2, 0.25) is 0 Å². The Hall–Kier alpha value is -0.0500. The molecule has 0 aliphatic rings. The fraction of sp³-hybridized carbons (Fsp3) is 0.947. The van der Waals surface area contributed by atoms with Gasteiger partial charge in [0.1, 0.15) is 10.8 Å². The first-order chi connectivity index (χ1) is 25.7. The summed E-state index contributed by atoms with van der Waals surface area (Å²) in [5.41, 5.74) is 0. The maximum Gasteiger partial charge on any atom is 0.524 e. The van der Waals surface area contributed by atoms with Gasteiger partial charge in [-0.15, -0.1) is 0 Å². The normalized spacial score (nSPS) is 11.1. The van der Waals surface area contributed by atoms with Crippen LogP contribution in [0.5, 0.6) is 0 Å². The topological polar surface area (TPSA) is 185 Å². The van der Waals surface area contributed by atoms with Crippen molar-refractivity contribution in [3.05, 3.63) is 10.8 Å². The highest BCUT2D eigenvalue weighted by Gasteiger charge is 2.11. The van der Waals surface area contributed by atoms with Gasteiger partial charge in [0, 0.05) is 79.3 Å². The van der Waals surface area contributed by atoms with E-state index < -0.39 is 7.82 Å². The van der Waals surface area contributed by atoms with Crippen LogP contribution >= 0.6 is 31.0 Å². The van der Waals surface area contributed by atoms with Gasteiger partial charge in [-0.1, -0.05) is 100 Å². The highest BCUT2D eigenvalue weighted by atomic mass is 35.5. The van der Waals surface area contributed by atoms with Crippen molar-refractivity contribution in [3.8, 4) is 0 Å². The van der Waals surface area contributed by atoms with Crippen molar-refractivity contribution in [1.29, 1.82) is 0 Å². The number of aliphatic hydroxyl groups excluding tert-OH is 4. The van der Waals surface area contributed by atoms with E-state index in [9.17, 15) is 4.57 Å². The van der Waals surface area contributed by atoms with Gasteiger partial charge in [0.2, 0.25) is 0 Å². The van der Waals surface area contributed by atoms with E-state index in [1.165, 1.54) is 25.7 Å². The number of hydrogen-bond acceptors (Lipinski definition) is 10. The Bertz CT molecular complexity index is 651. The molecule has 0 rings (SSSR count). The highest BCUT2D eigenvalue weighted by molar-refractivity contribution is 7.46. The smallest absolute Gasteiger partial charge is 0.410 e. The van der Waals surface area contributed by atoms with Gasteiger partial charge < -0.3 is 43.9 Å². The van der Waals surface area contributed by atoms with E-state index in [2.05, 4.69) is 4.52 Å². The predicted octanol–water partition coefficient (Wildman–Crippen LogP) is 8.74. The van der Waals surface area contributed by atoms with Crippen LogP contribution in [0.3, 0.4) is 0 Å². The molecule has 0 saturated heterocycles. The summed E-state index contributed by atoms with van der Waals surface area (Å²) in [5.74, 6) is 0. The predicted molar refractivity (Wildman–Crippen MR) is 215 cm³/mol. The molecule has 0 amide bonds. The van der Waals surface area contributed by atoms with Gasteiger partial charge >= 0.3 is 7.82 Å². The number of ether oxygens (including phenoxy) is 4. The number of aliphatic hydroxyl groups is 4. The SMILES string of the molecule is O=P(O)(O)OC=C(Cl)Cl.OCCCCCCOCCCCCCOCCCCCCO.OCCCCCCOCCCCCCOCCCCCCO. The maximum absolute atomic E-state index is 9.85. The van der Waals surface area contributed by atoms with Crippen molar-refractivity contribution >= 4 is 31.0 Å². The van der Waals surface area contributed by atoms with Crippen LogP contribution in [0.1, 0.15) is 154 Å². The standard InChI is InChI=1S/2C18H38O4.C2H3Cl2O4P/c2*19-13-7-1-3-9-15-21-17-11-5-6-12-18-22-16-10-4-2-8-14-20;3-2(4)1-8-9(5,6)7/h2*19-20H,1-18H2;1H,(H2,5,6,7). The van der Waals surface area contributed by atoms with Crippen LogP contribution in [-0.2, 0) is 28.0 Å². The first-order valence-corrected chi connectivity index (χ1v) is 22.5. The lowest BCUT2D eigenvalue weighted by atomic mass is 10.2. The zero-order valence-electron chi connectivity index (χ0n) is 32.9. The lowest BCUT2D eigenvalue weighted by Gasteiger charge is -2.05. The van der Waals surface area contributed by atoms with Gasteiger partial charge in [-0.2, -0.15) is 0 Å². The minimum Gasteiger partial charge on any atom is -0.410 e. The van der Waals surface area contributed by atoms with E-state index in [0.29, 0.717) is 32.7 Å². The van der Waals surface area contributed by atoms with Gasteiger partial charge in [-0.3, -0.25) is 9.79 Å². The van der Waals surface area contributed by atoms with Crippen molar-refractivity contribution in [2.45, 2.75) is 154 Å². The van der Waals surface area contributed by atoms with Crippen LogP contribution in [0, 0.1) is 0 Å². The molecule has 322 valence electrons. The molecule has 0 aromatic heterocycles. The minimum absolute atomic E-state index is 0.314. The van der Waals surface area contributed by atoms with Gasteiger partial charge in [-0.05, 0) is 77.0 Å². The molecule has 0 aliphatic heterocycles. The molecule has 0 spiro atoms. The summed E-state index contributed by atoms with van der Waals surface area (Å²) in [6.07, 6.45) is 27.3. The number of phosphoric ester groups is 1. The first kappa shape index (κ1) is 57.3. The van der Waals surface area contributed by atoms with E-state index in [0.717, 1.165) is 181 Å². The molecular weight excluding hydrogens is 750 g/mol. The molecule has 0 unspecified atom stereocenters. The van der Waals surface area contributed by atoms with Crippen molar-refractivity contribution in [2.75, 3.05) is 79.3 Å². The van der Waals surface area contributed by atoms with Gasteiger partial charge in [0.25, 0.3) is 0 Å². The molecule has 0 radical (unpaired) electrons. The van der Waals surface area contributed by atoms with E-state index in [-0.39, 0.29) is 4.49 Å². The average Bonchev–Trinajstić information content (AvgIpc) is 3.13. The molecule has 53 heavy (non-hydrogen) atoms. The Morgan fingerprint density at radius 2 is 0.566 bits per heavy atom. The number of hydrogen-bond donors (Lipinski definition) is 6. The third-order valence-electron chi connectivity index (χ3n) is 7.72. The third-order valence-corrected chi connectivity index (χ3v) is 8.28. The lowest BCUT2D eigenvalue weighted by molar-refractivity contribution is 0.117. The average molecular weight is 830 g/mol. The molecule has 0 heterocycles. The summed E-state index contributed by atoms with van der Waals surface area (Å²) in [6.45, 7) is 8.24. The summed E-state index contributed by atoms with van der Waals surface area (Å²) >= 11 is 9.88. The monoisotopic (exact) mass is 828 g/mol. The summed E-state index contributed by atoms with van der Waals surface area (Å²) in [6, 6.07) is 0. The zero-order chi connectivity index (χ0) is 39.8. The lowest BCUT2D eigenvalue weighted by Crippen LogP contribution is -1.99. The van der Waals surface area contributed by atoms with Crippen LogP contribution in [0.4, 0.5) is 0 Å². The fourth-order valence-electron chi connectivity index (χ4n) is 4.72. The number of phosphoric acid groups is 1. The Kier molecular flexibility index (Phi) is 56.1. The molecule has 0 aromatic carbocycles. The van der Waals surface area contributed by atoms with E-state index >= 15 is 0 Å². The largest absolute Gasteiger partial charge is 0.524 e. The second-order valence-electron chi connectivity index (χ2n) is 12.8. The molecule has 0 saturated carbocycles. The fourth-order valence-corrected chi connectivity index (χ4v) is 5.17. The molecule has 0 fully saturated rings. The molecular formula is C38H79Cl2O12P. The quantitative estimate of drug-likeness (QED) is 0.0196. The summed E-state index contributed by atoms with van der Waals surface area (Å²) in [5, 5.41) is 34.6. The van der Waals surface area contributed by atoms with Gasteiger partial charge in [-0.25, -0.2) is 4.57 Å². The van der Waals surface area contributed by atoms with E-state index in [4.69, 9.17) is 72.4 Å². The maximum atomic E-state index is 9.85. The van der Waals surface area contributed by atoms with Crippen LogP contribution < -0.4 is 0 Å². The number of halogens is 2. The molecule has 0 aliphatic carbocycles. The minimum atomic E-state index is -4.46. The molecule has 0 atom stereocenters. The van der Waals surface area contributed by atoms with Crippen molar-refractivity contribution < 1.29 is 58.2 Å². The van der Waals surface area contributed by atoms with Crippen molar-refractivity contribution in [1.82, 2.24) is 0 Å². The Morgan fingerprint density at radius 3 is 0.698 bits per heavy atom. The highest BCUT2D eigenvalue weighted by Crippen LogP contribution is 2.36. The molecule has 15 heteroatoms. The molecule has 0 bridgehead atoms. The summed E-state index contributed by atoms with van der Waals surface area (Å²) < 4.78 is 35.6. The van der Waals surface area contributed by atoms with Crippen molar-refractivity contribution in [2.24, 2.45) is 0 Å². The van der Waals surface area contributed by atoms with E-state index in [1.807, 2.05) is 0 Å². The summed E-state index contributed by atoms with van der Waals surface area (Å²) in [4.78, 5) is 16.0. The molecule has 12 nitrogen and oxygen atoms in total. The van der Waals surface area contributed by atoms with Crippen molar-refractivity contribution in [3.63, 3.8) is 0 Å². The number of rotatable bonds is 40.